The van der Waals surface area contributed by atoms with Gasteiger partial charge in [0.1, 0.15) is 11.6 Å². The number of piperidine rings is 1. The summed E-state index contributed by atoms with van der Waals surface area (Å²) in [5, 5.41) is 2.63. The lowest BCUT2D eigenvalue weighted by molar-refractivity contribution is 0.0946. The molecule has 1 atom stereocenters. The molecular formula is C21H25FN2O4S. The summed E-state index contributed by atoms with van der Waals surface area (Å²) in [7, 11) is -2.21. The average molecular weight is 421 g/mol. The van der Waals surface area contributed by atoms with Crippen molar-refractivity contribution in [1.29, 1.82) is 0 Å². The van der Waals surface area contributed by atoms with Crippen molar-refractivity contribution < 1.29 is 22.3 Å². The fourth-order valence-corrected chi connectivity index (χ4v) is 5.00. The number of carbonyl (C=O) groups excluding carboxylic acids is 1. The number of hydrogen-bond acceptors (Lipinski definition) is 4. The van der Waals surface area contributed by atoms with Crippen LogP contribution in [-0.2, 0) is 16.6 Å². The number of nitrogens with zero attached hydrogens (tertiary/aromatic N) is 1. The van der Waals surface area contributed by atoms with Crippen LogP contribution in [0.15, 0.2) is 47.4 Å². The molecule has 1 N–H and O–H groups in total. The fourth-order valence-electron chi connectivity index (χ4n) is 3.37. The van der Waals surface area contributed by atoms with Gasteiger partial charge in [-0.15, -0.1) is 0 Å². The van der Waals surface area contributed by atoms with Crippen LogP contribution >= 0.6 is 0 Å². The summed E-state index contributed by atoms with van der Waals surface area (Å²) in [6.07, 6.45) is 1.77. The van der Waals surface area contributed by atoms with Gasteiger partial charge in [-0.3, -0.25) is 4.79 Å². The van der Waals surface area contributed by atoms with Crippen LogP contribution in [0.1, 0.15) is 35.7 Å². The van der Waals surface area contributed by atoms with Crippen molar-refractivity contribution in [2.24, 2.45) is 5.92 Å². The Kier molecular flexibility index (Phi) is 6.54. The number of methoxy groups -OCH3 is 1. The third-order valence-corrected chi connectivity index (χ3v) is 6.91. The van der Waals surface area contributed by atoms with Crippen molar-refractivity contribution in [2.75, 3.05) is 20.2 Å². The number of sulfonamides is 1. The second-order valence-corrected chi connectivity index (χ2v) is 9.22. The number of halogens is 1. The van der Waals surface area contributed by atoms with E-state index in [2.05, 4.69) is 5.32 Å². The van der Waals surface area contributed by atoms with E-state index in [-0.39, 0.29) is 22.9 Å². The SMILES string of the molecule is COc1ccc(CNC(=O)c2cc(S(=O)(=O)N3CCC[C@H](C)C3)ccc2F)cc1. The highest BCUT2D eigenvalue weighted by molar-refractivity contribution is 7.89. The molecule has 29 heavy (non-hydrogen) atoms. The van der Waals surface area contributed by atoms with Crippen molar-refractivity contribution in [2.45, 2.75) is 31.2 Å². The predicted octanol–water partition coefficient (Wildman–Crippen LogP) is 3.18. The van der Waals surface area contributed by atoms with E-state index in [1.54, 1.807) is 31.4 Å². The van der Waals surface area contributed by atoms with Crippen LogP contribution in [0.25, 0.3) is 0 Å². The molecule has 0 bridgehead atoms. The second-order valence-electron chi connectivity index (χ2n) is 7.28. The van der Waals surface area contributed by atoms with Crippen LogP contribution in [0.4, 0.5) is 4.39 Å². The zero-order valence-corrected chi connectivity index (χ0v) is 17.3. The second kappa shape index (κ2) is 8.92. The van der Waals surface area contributed by atoms with Crippen LogP contribution in [0.3, 0.4) is 0 Å². The summed E-state index contributed by atoms with van der Waals surface area (Å²) in [4.78, 5) is 12.4. The molecule has 1 aliphatic rings. The molecule has 1 saturated heterocycles. The molecular weight excluding hydrogens is 395 g/mol. The van der Waals surface area contributed by atoms with Crippen molar-refractivity contribution in [3.8, 4) is 5.75 Å². The Bertz CT molecular complexity index is 977. The normalized spacial score (nSPS) is 17.7. The summed E-state index contributed by atoms with van der Waals surface area (Å²) in [6.45, 7) is 3.05. The molecule has 2 aromatic rings. The van der Waals surface area contributed by atoms with Crippen LogP contribution in [0.5, 0.6) is 5.75 Å². The van der Waals surface area contributed by atoms with E-state index in [9.17, 15) is 17.6 Å². The number of hydrogen-bond donors (Lipinski definition) is 1. The lowest BCUT2D eigenvalue weighted by Crippen LogP contribution is -2.39. The van der Waals surface area contributed by atoms with Crippen LogP contribution in [-0.4, -0.2) is 38.8 Å². The van der Waals surface area contributed by atoms with E-state index < -0.39 is 21.7 Å². The summed E-state index contributed by atoms with van der Waals surface area (Å²) in [5.74, 6) is -0.465. The molecule has 1 fully saturated rings. The summed E-state index contributed by atoms with van der Waals surface area (Å²) >= 11 is 0. The minimum absolute atomic E-state index is 0.0670. The number of rotatable bonds is 6. The molecule has 0 saturated carbocycles. The van der Waals surface area contributed by atoms with Gasteiger partial charge in [0.2, 0.25) is 10.0 Å². The lowest BCUT2D eigenvalue weighted by atomic mass is 10.0. The maximum absolute atomic E-state index is 14.3. The van der Waals surface area contributed by atoms with Gasteiger partial charge in [-0.05, 0) is 54.7 Å². The lowest BCUT2D eigenvalue weighted by Gasteiger charge is -2.30. The maximum atomic E-state index is 14.3. The molecule has 0 aromatic heterocycles. The van der Waals surface area contributed by atoms with E-state index in [0.29, 0.717) is 18.8 Å². The van der Waals surface area contributed by atoms with Gasteiger partial charge in [0.15, 0.2) is 0 Å². The molecule has 1 heterocycles. The van der Waals surface area contributed by atoms with Gasteiger partial charge in [-0.1, -0.05) is 19.1 Å². The van der Waals surface area contributed by atoms with Crippen molar-refractivity contribution in [1.82, 2.24) is 9.62 Å². The highest BCUT2D eigenvalue weighted by Crippen LogP contribution is 2.25. The number of benzene rings is 2. The van der Waals surface area contributed by atoms with Crippen molar-refractivity contribution >= 4 is 15.9 Å². The van der Waals surface area contributed by atoms with E-state index in [0.717, 1.165) is 30.5 Å². The molecule has 0 aliphatic carbocycles. The molecule has 2 aromatic carbocycles. The Morgan fingerprint density at radius 1 is 1.24 bits per heavy atom. The first-order valence-electron chi connectivity index (χ1n) is 9.52. The molecule has 0 radical (unpaired) electrons. The average Bonchev–Trinajstić information content (AvgIpc) is 2.72. The van der Waals surface area contributed by atoms with Gasteiger partial charge in [0, 0.05) is 19.6 Å². The van der Waals surface area contributed by atoms with Crippen LogP contribution in [0.2, 0.25) is 0 Å². The van der Waals surface area contributed by atoms with Gasteiger partial charge in [0.25, 0.3) is 5.91 Å². The third kappa shape index (κ3) is 4.94. The fraction of sp³-hybridized carbons (Fsp3) is 0.381. The van der Waals surface area contributed by atoms with E-state index in [4.69, 9.17) is 4.74 Å². The molecule has 6 nitrogen and oxygen atoms in total. The van der Waals surface area contributed by atoms with Gasteiger partial charge >= 0.3 is 0 Å². The monoisotopic (exact) mass is 420 g/mol. The minimum atomic E-state index is -3.77. The topological polar surface area (TPSA) is 75.7 Å². The first kappa shape index (κ1) is 21.3. The molecule has 0 spiro atoms. The highest BCUT2D eigenvalue weighted by atomic mass is 32.2. The molecule has 8 heteroatoms. The standard InChI is InChI=1S/C21H25FN2O4S/c1-15-4-3-11-24(14-15)29(26,27)18-9-10-20(22)19(12-18)21(25)23-13-16-5-7-17(28-2)8-6-16/h5-10,12,15H,3-4,11,13-14H2,1-2H3,(H,23,25)/t15-/m0/s1. The molecule has 1 aliphatic heterocycles. The number of amides is 1. The molecule has 1 amide bonds. The van der Waals surface area contributed by atoms with Crippen LogP contribution in [0, 0.1) is 11.7 Å². The predicted molar refractivity (Wildman–Crippen MR) is 108 cm³/mol. The first-order valence-corrected chi connectivity index (χ1v) is 11.0. The maximum Gasteiger partial charge on any atom is 0.254 e. The van der Waals surface area contributed by atoms with Crippen molar-refractivity contribution in [3.05, 3.63) is 59.4 Å². The summed E-state index contributed by atoms with van der Waals surface area (Å²) in [5.41, 5.74) is 0.523. The van der Waals surface area contributed by atoms with E-state index in [1.165, 1.54) is 10.4 Å². The quantitative estimate of drug-likeness (QED) is 0.779. The summed E-state index contributed by atoms with van der Waals surface area (Å²) < 4.78 is 46.6. The van der Waals surface area contributed by atoms with Gasteiger partial charge < -0.3 is 10.1 Å². The van der Waals surface area contributed by atoms with Gasteiger partial charge in [-0.2, -0.15) is 4.31 Å². The van der Waals surface area contributed by atoms with Crippen LogP contribution < -0.4 is 10.1 Å². The molecule has 0 unspecified atom stereocenters. The van der Waals surface area contributed by atoms with Crippen molar-refractivity contribution in [3.63, 3.8) is 0 Å². The highest BCUT2D eigenvalue weighted by Gasteiger charge is 2.29. The van der Waals surface area contributed by atoms with Gasteiger partial charge in [-0.25, -0.2) is 12.8 Å². The van der Waals surface area contributed by atoms with Gasteiger partial charge in [0.05, 0.1) is 17.6 Å². The number of nitrogens with one attached hydrogen (secondary N) is 1. The Morgan fingerprint density at radius 3 is 2.62 bits per heavy atom. The third-order valence-electron chi connectivity index (χ3n) is 5.05. The Morgan fingerprint density at radius 2 is 1.97 bits per heavy atom. The summed E-state index contributed by atoms with van der Waals surface area (Å²) in [6, 6.07) is 10.4. The minimum Gasteiger partial charge on any atom is -0.497 e. The van der Waals surface area contributed by atoms with E-state index >= 15 is 0 Å². The number of ether oxygens (including phenoxy) is 1. The largest absolute Gasteiger partial charge is 0.497 e. The Labute approximate surface area is 170 Å². The molecule has 156 valence electrons. The molecule has 3 rings (SSSR count). The number of carbonyl (C=O) groups is 1. The first-order chi connectivity index (χ1) is 13.8. The Balaban J connectivity index is 1.76. The smallest absolute Gasteiger partial charge is 0.254 e. The Hall–Kier alpha value is -2.45. The van der Waals surface area contributed by atoms with E-state index in [1.807, 2.05) is 6.92 Å². The zero-order chi connectivity index (χ0) is 21.0. The zero-order valence-electron chi connectivity index (χ0n) is 16.5.